The van der Waals surface area contributed by atoms with Crippen molar-refractivity contribution in [3.8, 4) is 0 Å². The number of unbranched alkanes of at least 4 members (excludes halogenated alkanes) is 1. The maximum atomic E-state index is 11.3. The van der Waals surface area contributed by atoms with Crippen LogP contribution in [0.5, 0.6) is 0 Å². The Morgan fingerprint density at radius 1 is 1.36 bits per heavy atom. The molecule has 1 N–H and O–H groups in total. The maximum absolute atomic E-state index is 11.3. The zero-order valence-electron chi connectivity index (χ0n) is 7.60. The molecule has 0 aromatic carbocycles. The first kappa shape index (κ1) is 10.4. The Morgan fingerprint density at radius 3 is 2.64 bits per heavy atom. The van der Waals surface area contributed by atoms with Gasteiger partial charge in [-0.2, -0.15) is 0 Å². The van der Waals surface area contributed by atoms with Gasteiger partial charge in [-0.3, -0.25) is 9.59 Å². The molecule has 5 heteroatoms. The van der Waals surface area contributed by atoms with Crippen LogP contribution in [0.2, 0.25) is 0 Å². The number of carboxylic acids is 1. The molecule has 0 bridgehead atoms. The van der Waals surface area contributed by atoms with Crippen molar-refractivity contribution in [3.63, 3.8) is 0 Å². The first-order valence-electron chi connectivity index (χ1n) is 4.33. The molecule has 0 radical (unpaired) electrons. The minimum Gasteiger partial charge on any atom is -0.481 e. The molecule has 0 amide bonds. The van der Waals surface area contributed by atoms with Gasteiger partial charge in [-0.15, -0.1) is 0 Å². The fourth-order valence-corrected chi connectivity index (χ4v) is 1.04. The highest BCUT2D eigenvalue weighted by molar-refractivity contribution is 5.92. The monoisotopic (exact) mass is 197 g/mol. The van der Waals surface area contributed by atoms with E-state index in [4.69, 9.17) is 9.52 Å². The van der Waals surface area contributed by atoms with Crippen molar-refractivity contribution in [3.05, 3.63) is 18.4 Å². The summed E-state index contributed by atoms with van der Waals surface area (Å²) in [5, 5.41) is 8.35. The van der Waals surface area contributed by atoms with Crippen LogP contribution in [-0.4, -0.2) is 21.8 Å². The molecule has 14 heavy (non-hydrogen) atoms. The van der Waals surface area contributed by atoms with E-state index in [0.29, 0.717) is 19.3 Å². The lowest BCUT2D eigenvalue weighted by Crippen LogP contribution is -1.99. The number of nitrogens with zero attached hydrogens (tertiary/aromatic N) is 1. The summed E-state index contributed by atoms with van der Waals surface area (Å²) in [6, 6.07) is 0. The van der Waals surface area contributed by atoms with Gasteiger partial charge in [0.25, 0.3) is 0 Å². The predicted octanol–water partition coefficient (Wildman–Crippen LogP) is 1.50. The molecule has 1 aromatic rings. The summed E-state index contributed by atoms with van der Waals surface area (Å²) in [4.78, 5) is 25.0. The molecule has 0 saturated carbocycles. The number of carbonyl (C=O) groups is 2. The van der Waals surface area contributed by atoms with Gasteiger partial charge in [0.1, 0.15) is 0 Å². The van der Waals surface area contributed by atoms with Crippen LogP contribution in [0.4, 0.5) is 0 Å². The molecular weight excluding hydrogens is 186 g/mol. The number of hydrogen-bond donors (Lipinski definition) is 1. The van der Waals surface area contributed by atoms with Gasteiger partial charge < -0.3 is 9.52 Å². The molecular formula is C9H11NO4. The smallest absolute Gasteiger partial charge is 0.303 e. The van der Waals surface area contributed by atoms with Crippen molar-refractivity contribution in [1.29, 1.82) is 0 Å². The third-order valence-corrected chi connectivity index (χ3v) is 1.75. The number of aromatic nitrogens is 1. The molecule has 0 spiro atoms. The summed E-state index contributed by atoms with van der Waals surface area (Å²) in [5.74, 6) is -0.731. The number of oxazole rings is 1. The second kappa shape index (κ2) is 5.16. The van der Waals surface area contributed by atoms with Gasteiger partial charge >= 0.3 is 5.97 Å². The number of rotatable bonds is 6. The minimum atomic E-state index is -0.836. The maximum Gasteiger partial charge on any atom is 0.303 e. The van der Waals surface area contributed by atoms with Gasteiger partial charge in [-0.1, -0.05) is 0 Å². The Balaban J connectivity index is 2.19. The Labute approximate surface area is 80.8 Å². The van der Waals surface area contributed by atoms with E-state index < -0.39 is 5.97 Å². The van der Waals surface area contributed by atoms with Crippen LogP contribution in [0.3, 0.4) is 0 Å². The van der Waals surface area contributed by atoms with Crippen LogP contribution in [0.25, 0.3) is 0 Å². The summed E-state index contributed by atoms with van der Waals surface area (Å²) < 4.78 is 4.80. The fourth-order valence-electron chi connectivity index (χ4n) is 1.04. The fraction of sp³-hybridized carbons (Fsp3) is 0.444. The van der Waals surface area contributed by atoms with Gasteiger partial charge in [0.05, 0.1) is 6.20 Å². The summed E-state index contributed by atoms with van der Waals surface area (Å²) in [7, 11) is 0. The van der Waals surface area contributed by atoms with Crippen molar-refractivity contribution in [2.75, 3.05) is 0 Å². The van der Waals surface area contributed by atoms with Crippen molar-refractivity contribution in [2.24, 2.45) is 0 Å². The summed E-state index contributed by atoms with van der Waals surface area (Å²) in [6.45, 7) is 0. The highest BCUT2D eigenvalue weighted by Gasteiger charge is 2.08. The molecule has 0 aliphatic carbocycles. The lowest BCUT2D eigenvalue weighted by atomic mass is 10.1. The third-order valence-electron chi connectivity index (χ3n) is 1.75. The number of hydrogen-bond acceptors (Lipinski definition) is 4. The summed E-state index contributed by atoms with van der Waals surface area (Å²) in [6.07, 6.45) is 4.04. The van der Waals surface area contributed by atoms with Gasteiger partial charge in [-0.25, -0.2) is 4.98 Å². The van der Waals surface area contributed by atoms with Crippen molar-refractivity contribution in [1.82, 2.24) is 4.98 Å². The average molecular weight is 197 g/mol. The molecule has 0 fully saturated rings. The lowest BCUT2D eigenvalue weighted by molar-refractivity contribution is -0.137. The zero-order chi connectivity index (χ0) is 10.4. The normalized spacial score (nSPS) is 10.0. The highest BCUT2D eigenvalue weighted by Crippen LogP contribution is 2.07. The highest BCUT2D eigenvalue weighted by atomic mass is 16.4. The van der Waals surface area contributed by atoms with Crippen LogP contribution in [-0.2, 0) is 4.79 Å². The number of aliphatic carboxylic acids is 1. The molecule has 1 rings (SSSR count). The lowest BCUT2D eigenvalue weighted by Gasteiger charge is -1.95. The molecule has 0 saturated heterocycles. The van der Waals surface area contributed by atoms with E-state index >= 15 is 0 Å². The molecule has 0 aliphatic rings. The van der Waals surface area contributed by atoms with Crippen molar-refractivity contribution >= 4 is 11.8 Å². The van der Waals surface area contributed by atoms with Crippen molar-refractivity contribution < 1.29 is 19.1 Å². The van der Waals surface area contributed by atoms with Crippen LogP contribution in [0.15, 0.2) is 17.0 Å². The van der Waals surface area contributed by atoms with E-state index in [1.54, 1.807) is 0 Å². The quantitative estimate of drug-likeness (QED) is 0.552. The Morgan fingerprint density at radius 2 is 2.07 bits per heavy atom. The minimum absolute atomic E-state index is 0.101. The van der Waals surface area contributed by atoms with E-state index in [9.17, 15) is 9.59 Å². The molecule has 1 heterocycles. The van der Waals surface area contributed by atoms with Crippen LogP contribution < -0.4 is 0 Å². The molecule has 0 unspecified atom stereocenters. The van der Waals surface area contributed by atoms with E-state index in [1.165, 1.54) is 12.6 Å². The summed E-state index contributed by atoms with van der Waals surface area (Å²) >= 11 is 0. The van der Waals surface area contributed by atoms with E-state index in [1.807, 2.05) is 0 Å². The number of Topliss-reactive ketones (excluding diaryl/α,β-unsaturated/α-hetero) is 1. The van der Waals surface area contributed by atoms with Gasteiger partial charge in [0.15, 0.2) is 17.9 Å². The van der Waals surface area contributed by atoms with Crippen LogP contribution >= 0.6 is 0 Å². The number of carbonyl (C=O) groups excluding carboxylic acids is 1. The van der Waals surface area contributed by atoms with Crippen LogP contribution in [0, 0.1) is 0 Å². The molecule has 0 aliphatic heterocycles. The Hall–Kier alpha value is -1.65. The second-order valence-corrected chi connectivity index (χ2v) is 2.89. The second-order valence-electron chi connectivity index (χ2n) is 2.89. The van der Waals surface area contributed by atoms with E-state index in [2.05, 4.69) is 4.98 Å². The number of carboxylic acid groups (broad SMARTS) is 1. The molecule has 5 nitrogen and oxygen atoms in total. The van der Waals surface area contributed by atoms with Crippen LogP contribution in [0.1, 0.15) is 36.2 Å². The predicted molar refractivity (Wildman–Crippen MR) is 46.9 cm³/mol. The van der Waals surface area contributed by atoms with E-state index in [0.717, 1.165) is 0 Å². The Kier molecular flexibility index (Phi) is 3.84. The zero-order valence-corrected chi connectivity index (χ0v) is 7.60. The Bertz CT molecular complexity index is 305. The average Bonchev–Trinajstić information content (AvgIpc) is 2.64. The first-order chi connectivity index (χ1) is 6.70. The number of ketones is 1. The standard InChI is InChI=1S/C9H11NO4/c11-7(8-5-10-6-14-8)3-1-2-4-9(12)13/h5-6H,1-4H2,(H,12,13). The SMILES string of the molecule is O=C(O)CCCCC(=O)c1cnco1. The molecule has 0 atom stereocenters. The van der Waals surface area contributed by atoms with Gasteiger partial charge in [-0.05, 0) is 12.8 Å². The van der Waals surface area contributed by atoms with Crippen molar-refractivity contribution in [2.45, 2.75) is 25.7 Å². The van der Waals surface area contributed by atoms with E-state index in [-0.39, 0.29) is 18.0 Å². The molecule has 76 valence electrons. The van der Waals surface area contributed by atoms with Gasteiger partial charge in [0, 0.05) is 12.8 Å². The molecule has 1 aromatic heterocycles. The third kappa shape index (κ3) is 3.38. The largest absolute Gasteiger partial charge is 0.481 e. The van der Waals surface area contributed by atoms with Gasteiger partial charge in [0.2, 0.25) is 0 Å². The topological polar surface area (TPSA) is 80.4 Å². The first-order valence-corrected chi connectivity index (χ1v) is 4.33. The summed E-state index contributed by atoms with van der Waals surface area (Å²) in [5.41, 5.74) is 0.